The molecule has 0 spiro atoms. The van der Waals surface area contributed by atoms with E-state index in [4.69, 9.17) is 4.42 Å². The van der Waals surface area contributed by atoms with E-state index in [0.29, 0.717) is 0 Å². The highest BCUT2D eigenvalue weighted by molar-refractivity contribution is 5.88. The Morgan fingerprint density at radius 2 is 1.95 bits per heavy atom. The van der Waals surface area contributed by atoms with Crippen LogP contribution in [0.1, 0.15) is 21.7 Å². The molecule has 0 atom stereocenters. The van der Waals surface area contributed by atoms with E-state index in [1.54, 1.807) is 0 Å². The van der Waals surface area contributed by atoms with Gasteiger partial charge in [-0.15, -0.1) is 0 Å². The van der Waals surface area contributed by atoms with Crippen LogP contribution in [-0.2, 0) is 6.18 Å². The van der Waals surface area contributed by atoms with Gasteiger partial charge in [0, 0.05) is 11.1 Å². The molecule has 0 saturated heterocycles. The number of hydrogen-bond acceptors (Lipinski definition) is 3. The Labute approximate surface area is 106 Å². The summed E-state index contributed by atoms with van der Waals surface area (Å²) in [5.41, 5.74) is -0.841. The molecule has 2 aromatic rings. The molecule has 0 aliphatic rings. The third kappa shape index (κ3) is 2.62. The van der Waals surface area contributed by atoms with Crippen LogP contribution in [0.15, 0.2) is 34.7 Å². The monoisotopic (exact) mass is 269 g/mol. The summed E-state index contributed by atoms with van der Waals surface area (Å²) >= 11 is 0. The number of carboxylic acids is 1. The molecule has 19 heavy (non-hydrogen) atoms. The van der Waals surface area contributed by atoms with Gasteiger partial charge in [0.1, 0.15) is 11.5 Å². The average molecular weight is 269 g/mol. The maximum absolute atomic E-state index is 12.6. The molecule has 0 N–H and O–H groups in total. The van der Waals surface area contributed by atoms with Crippen LogP contribution < -0.4 is 5.11 Å². The average Bonchev–Trinajstić information content (AvgIpc) is 2.70. The minimum atomic E-state index is -4.46. The fourth-order valence-electron chi connectivity index (χ4n) is 1.68. The normalized spacial score (nSPS) is 11.6. The van der Waals surface area contributed by atoms with Crippen molar-refractivity contribution in [1.29, 1.82) is 0 Å². The van der Waals surface area contributed by atoms with Crippen molar-refractivity contribution in [1.82, 2.24) is 0 Å². The molecule has 1 aromatic heterocycles. The van der Waals surface area contributed by atoms with Gasteiger partial charge in [0.15, 0.2) is 0 Å². The second kappa shape index (κ2) is 4.46. The topological polar surface area (TPSA) is 53.3 Å². The van der Waals surface area contributed by atoms with E-state index in [2.05, 4.69) is 0 Å². The highest BCUT2D eigenvalue weighted by Gasteiger charge is 2.30. The summed E-state index contributed by atoms with van der Waals surface area (Å²) in [5, 5.41) is 10.7. The van der Waals surface area contributed by atoms with Crippen molar-refractivity contribution >= 4 is 5.97 Å². The van der Waals surface area contributed by atoms with E-state index in [1.807, 2.05) is 0 Å². The molecule has 0 unspecified atom stereocenters. The molecule has 0 saturated carbocycles. The number of hydrogen-bond donors (Lipinski definition) is 0. The van der Waals surface area contributed by atoms with Crippen molar-refractivity contribution in [3.8, 4) is 11.3 Å². The van der Waals surface area contributed by atoms with Gasteiger partial charge < -0.3 is 14.3 Å². The number of carbonyl (C=O) groups excluding carboxylic acids is 1. The molecule has 0 aliphatic carbocycles. The third-order valence-electron chi connectivity index (χ3n) is 2.61. The quantitative estimate of drug-likeness (QED) is 0.842. The summed E-state index contributed by atoms with van der Waals surface area (Å²) in [6.45, 7) is 1.41. The lowest BCUT2D eigenvalue weighted by molar-refractivity contribution is -0.255. The minimum Gasteiger partial charge on any atom is -0.545 e. The summed E-state index contributed by atoms with van der Waals surface area (Å²) in [4.78, 5) is 10.7. The summed E-state index contributed by atoms with van der Waals surface area (Å²) in [5.74, 6) is -1.28. The molecule has 3 nitrogen and oxygen atoms in total. The second-order valence-corrected chi connectivity index (χ2v) is 3.95. The summed E-state index contributed by atoms with van der Waals surface area (Å²) in [7, 11) is 0. The van der Waals surface area contributed by atoms with E-state index in [1.165, 1.54) is 19.1 Å². The van der Waals surface area contributed by atoms with Crippen molar-refractivity contribution in [2.45, 2.75) is 13.1 Å². The van der Waals surface area contributed by atoms with Gasteiger partial charge in [0.2, 0.25) is 0 Å². The zero-order chi connectivity index (χ0) is 14.2. The molecule has 6 heteroatoms. The van der Waals surface area contributed by atoms with Gasteiger partial charge in [-0.2, -0.15) is 13.2 Å². The molecule has 2 rings (SSSR count). The van der Waals surface area contributed by atoms with Gasteiger partial charge in [0.05, 0.1) is 11.5 Å². The van der Waals surface area contributed by atoms with E-state index in [9.17, 15) is 23.1 Å². The molecule has 0 bridgehead atoms. The van der Waals surface area contributed by atoms with Gasteiger partial charge in [-0.3, -0.25) is 0 Å². The highest BCUT2D eigenvalue weighted by Crippen LogP contribution is 2.33. The Morgan fingerprint density at radius 1 is 1.26 bits per heavy atom. The van der Waals surface area contributed by atoms with Gasteiger partial charge in [-0.05, 0) is 25.1 Å². The largest absolute Gasteiger partial charge is 0.545 e. The summed E-state index contributed by atoms with van der Waals surface area (Å²) in [6, 6.07) is 5.62. The summed E-state index contributed by atoms with van der Waals surface area (Å²) in [6.07, 6.45) is -4.46. The molecular formula is C13H8F3O3-. The Balaban J connectivity index is 2.48. The first-order valence-electron chi connectivity index (χ1n) is 5.28. The second-order valence-electron chi connectivity index (χ2n) is 3.95. The Kier molecular flexibility index (Phi) is 3.09. The number of aryl methyl sites for hydroxylation is 1. The van der Waals surface area contributed by atoms with Crippen LogP contribution in [0, 0.1) is 6.92 Å². The first-order chi connectivity index (χ1) is 8.79. The van der Waals surface area contributed by atoms with E-state index in [0.717, 1.165) is 18.2 Å². The van der Waals surface area contributed by atoms with Crippen molar-refractivity contribution in [2.75, 3.05) is 0 Å². The van der Waals surface area contributed by atoms with Crippen molar-refractivity contribution in [3.63, 3.8) is 0 Å². The zero-order valence-corrected chi connectivity index (χ0v) is 9.75. The molecule has 0 radical (unpaired) electrons. The van der Waals surface area contributed by atoms with Crippen LogP contribution in [-0.4, -0.2) is 5.97 Å². The number of halogens is 3. The van der Waals surface area contributed by atoms with Crippen LogP contribution in [0.5, 0.6) is 0 Å². The van der Waals surface area contributed by atoms with Crippen molar-refractivity contribution < 1.29 is 27.5 Å². The van der Waals surface area contributed by atoms with Crippen LogP contribution >= 0.6 is 0 Å². The predicted molar refractivity (Wildman–Crippen MR) is 58.2 cm³/mol. The first kappa shape index (κ1) is 13.2. The van der Waals surface area contributed by atoms with E-state index >= 15 is 0 Å². The number of furan rings is 1. The van der Waals surface area contributed by atoms with Gasteiger partial charge in [0.25, 0.3) is 0 Å². The van der Waals surface area contributed by atoms with E-state index in [-0.39, 0.29) is 22.6 Å². The fraction of sp³-hybridized carbons (Fsp3) is 0.154. The Bertz CT molecular complexity index is 626. The maximum atomic E-state index is 12.6. The lowest BCUT2D eigenvalue weighted by Crippen LogP contribution is -2.22. The molecular weight excluding hydrogens is 261 g/mol. The van der Waals surface area contributed by atoms with Crippen LogP contribution in [0.25, 0.3) is 11.3 Å². The molecule has 1 heterocycles. The molecule has 0 fully saturated rings. The lowest BCUT2D eigenvalue weighted by atomic mass is 10.1. The van der Waals surface area contributed by atoms with Crippen molar-refractivity contribution in [3.05, 3.63) is 47.2 Å². The van der Waals surface area contributed by atoms with Crippen LogP contribution in [0.2, 0.25) is 0 Å². The highest BCUT2D eigenvalue weighted by atomic mass is 19.4. The fourth-order valence-corrected chi connectivity index (χ4v) is 1.68. The number of rotatable bonds is 2. The molecule has 1 aromatic carbocycles. The van der Waals surface area contributed by atoms with Gasteiger partial charge >= 0.3 is 6.18 Å². The number of aromatic carboxylic acids is 1. The Morgan fingerprint density at radius 3 is 2.47 bits per heavy atom. The van der Waals surface area contributed by atoms with Gasteiger partial charge in [-0.25, -0.2) is 0 Å². The smallest absolute Gasteiger partial charge is 0.416 e. The summed E-state index contributed by atoms with van der Waals surface area (Å²) < 4.78 is 42.8. The SMILES string of the molecule is Cc1oc(-c2cccc(C(F)(F)F)c2)cc1C(=O)[O-]. The number of benzene rings is 1. The van der Waals surface area contributed by atoms with Crippen LogP contribution in [0.4, 0.5) is 13.2 Å². The van der Waals surface area contributed by atoms with Crippen molar-refractivity contribution in [2.24, 2.45) is 0 Å². The standard InChI is InChI=1S/C13H9F3O3/c1-7-10(12(17)18)6-11(19-7)8-3-2-4-9(5-8)13(14,15)16/h2-6H,1H3,(H,17,18)/p-1. The number of carbonyl (C=O) groups is 1. The third-order valence-corrected chi connectivity index (χ3v) is 2.61. The number of carboxylic acid groups (broad SMARTS) is 1. The zero-order valence-electron chi connectivity index (χ0n) is 9.75. The molecule has 0 amide bonds. The lowest BCUT2D eigenvalue weighted by Gasteiger charge is -2.07. The Hall–Kier alpha value is -2.24. The maximum Gasteiger partial charge on any atom is 0.416 e. The minimum absolute atomic E-state index is 0.0581. The molecule has 0 aliphatic heterocycles. The van der Waals surface area contributed by atoms with Gasteiger partial charge in [-0.1, -0.05) is 12.1 Å². The van der Waals surface area contributed by atoms with Crippen LogP contribution in [0.3, 0.4) is 0 Å². The number of alkyl halides is 3. The van der Waals surface area contributed by atoms with E-state index < -0.39 is 17.7 Å². The first-order valence-corrected chi connectivity index (χ1v) is 5.28. The predicted octanol–water partition coefficient (Wildman–Crippen LogP) is 2.64. The molecule has 100 valence electrons.